The van der Waals surface area contributed by atoms with E-state index in [9.17, 15) is 14.7 Å². The number of rotatable bonds is 19. The summed E-state index contributed by atoms with van der Waals surface area (Å²) >= 11 is 0. The van der Waals surface area contributed by atoms with Crippen LogP contribution in [0.15, 0.2) is 42.5 Å². The van der Waals surface area contributed by atoms with Crippen LogP contribution in [-0.4, -0.2) is 23.7 Å². The van der Waals surface area contributed by atoms with Crippen LogP contribution < -0.4 is 0 Å². The second kappa shape index (κ2) is 18.7. The van der Waals surface area contributed by atoms with Crippen LogP contribution in [0.2, 0.25) is 0 Å². The second-order valence-electron chi connectivity index (χ2n) is 8.32. The molecule has 0 amide bonds. The Kier molecular flexibility index (Phi) is 16.2. The number of carbonyl (C=O) groups excluding carboxylic acids is 1. The Morgan fingerprint density at radius 3 is 1.97 bits per heavy atom. The minimum atomic E-state index is -0.976. The van der Waals surface area contributed by atoms with Crippen LogP contribution in [0.25, 0.3) is 0 Å². The molecule has 0 saturated heterocycles. The number of hydrogen-bond acceptors (Lipinski definition) is 3. The van der Waals surface area contributed by atoms with E-state index in [4.69, 9.17) is 4.74 Å². The van der Waals surface area contributed by atoms with Gasteiger partial charge in [0.25, 0.3) is 0 Å². The summed E-state index contributed by atoms with van der Waals surface area (Å²) in [6.45, 7) is 2.14. The van der Waals surface area contributed by atoms with E-state index in [0.717, 1.165) is 25.7 Å². The lowest BCUT2D eigenvalue weighted by molar-refractivity contribution is -0.148. The number of carboxylic acids is 1. The van der Waals surface area contributed by atoms with Crippen molar-refractivity contribution in [2.45, 2.75) is 103 Å². The molecule has 1 atom stereocenters. The molecule has 1 rings (SSSR count). The highest BCUT2D eigenvalue weighted by Crippen LogP contribution is 2.17. The van der Waals surface area contributed by atoms with Gasteiger partial charge in [0, 0.05) is 6.42 Å². The molecule has 0 bridgehead atoms. The quantitative estimate of drug-likeness (QED) is 0.141. The maximum Gasteiger partial charge on any atom is 0.314 e. The number of ether oxygens (including phenoxy) is 1. The van der Waals surface area contributed by atoms with Crippen molar-refractivity contribution in [2.75, 3.05) is 6.61 Å². The minimum Gasteiger partial charge on any atom is -0.481 e. The molecular weight excluding hydrogens is 388 g/mol. The standard InChI is InChI=1S/C27H42O4/c1-2-3-4-5-6-7-8-9-10-11-12-13-14-15-19-22-26(28)31-23-25(27(29)30)24-20-17-16-18-21-24/h12-13,16-18,20-21,25H,2-11,14-15,19,22-23H2,1H3,(H,29,30)/b13-12-. The van der Waals surface area contributed by atoms with Crippen molar-refractivity contribution in [3.8, 4) is 0 Å². The molecule has 31 heavy (non-hydrogen) atoms. The fourth-order valence-corrected chi connectivity index (χ4v) is 3.58. The largest absolute Gasteiger partial charge is 0.481 e. The number of carbonyl (C=O) groups is 2. The summed E-state index contributed by atoms with van der Waals surface area (Å²) in [6.07, 6.45) is 20.9. The number of unbranched alkanes of at least 4 members (excludes halogenated alkanes) is 11. The van der Waals surface area contributed by atoms with Crippen molar-refractivity contribution in [1.29, 1.82) is 0 Å². The number of aliphatic carboxylic acids is 1. The summed E-state index contributed by atoms with van der Waals surface area (Å²) in [6, 6.07) is 8.90. The number of hydrogen-bond donors (Lipinski definition) is 1. The molecule has 0 aliphatic carbocycles. The van der Waals surface area contributed by atoms with Gasteiger partial charge in [-0.2, -0.15) is 0 Å². The average Bonchev–Trinajstić information content (AvgIpc) is 2.77. The van der Waals surface area contributed by atoms with Crippen LogP contribution in [-0.2, 0) is 14.3 Å². The van der Waals surface area contributed by atoms with Crippen molar-refractivity contribution in [3.05, 3.63) is 48.0 Å². The molecule has 1 N–H and O–H groups in total. The number of benzene rings is 1. The van der Waals surface area contributed by atoms with Crippen LogP contribution >= 0.6 is 0 Å². The van der Waals surface area contributed by atoms with Gasteiger partial charge in [-0.25, -0.2) is 0 Å². The third kappa shape index (κ3) is 14.5. The van der Waals surface area contributed by atoms with Gasteiger partial charge in [0.1, 0.15) is 12.5 Å². The van der Waals surface area contributed by atoms with Crippen molar-refractivity contribution in [2.24, 2.45) is 0 Å². The summed E-state index contributed by atoms with van der Waals surface area (Å²) in [5.41, 5.74) is 0.653. The Morgan fingerprint density at radius 2 is 1.39 bits per heavy atom. The van der Waals surface area contributed by atoms with E-state index in [1.807, 2.05) is 6.07 Å². The molecule has 174 valence electrons. The highest BCUT2D eigenvalue weighted by molar-refractivity contribution is 5.77. The third-order valence-electron chi connectivity index (χ3n) is 5.55. The van der Waals surface area contributed by atoms with E-state index >= 15 is 0 Å². The molecule has 0 fully saturated rings. The summed E-state index contributed by atoms with van der Waals surface area (Å²) in [5.74, 6) is -2.11. The maximum absolute atomic E-state index is 11.9. The Hall–Kier alpha value is -2.10. The molecule has 4 nitrogen and oxygen atoms in total. The average molecular weight is 431 g/mol. The number of esters is 1. The Morgan fingerprint density at radius 1 is 0.839 bits per heavy atom. The van der Waals surface area contributed by atoms with Gasteiger partial charge < -0.3 is 9.84 Å². The Labute approximate surface area is 189 Å². The molecule has 0 aliphatic heterocycles. The molecule has 0 aliphatic rings. The fraction of sp³-hybridized carbons (Fsp3) is 0.630. The minimum absolute atomic E-state index is 0.114. The van der Waals surface area contributed by atoms with E-state index in [0.29, 0.717) is 12.0 Å². The van der Waals surface area contributed by atoms with Crippen molar-refractivity contribution < 1.29 is 19.4 Å². The van der Waals surface area contributed by atoms with Crippen LogP contribution in [0.5, 0.6) is 0 Å². The Balaban J connectivity index is 1.98. The van der Waals surface area contributed by atoms with Crippen LogP contribution in [0.4, 0.5) is 0 Å². The third-order valence-corrected chi connectivity index (χ3v) is 5.55. The van der Waals surface area contributed by atoms with Gasteiger partial charge in [-0.05, 0) is 37.7 Å². The predicted octanol–water partition coefficient (Wildman–Crippen LogP) is 7.44. The van der Waals surface area contributed by atoms with Crippen LogP contribution in [0.1, 0.15) is 108 Å². The molecule has 1 unspecified atom stereocenters. The Bertz CT molecular complexity index is 609. The molecule has 0 heterocycles. The lowest BCUT2D eigenvalue weighted by Crippen LogP contribution is -2.20. The first-order chi connectivity index (χ1) is 15.1. The summed E-state index contributed by atoms with van der Waals surface area (Å²) in [5, 5.41) is 9.36. The zero-order valence-corrected chi connectivity index (χ0v) is 19.4. The lowest BCUT2D eigenvalue weighted by Gasteiger charge is -2.13. The van der Waals surface area contributed by atoms with Gasteiger partial charge in [-0.1, -0.05) is 101 Å². The van der Waals surface area contributed by atoms with E-state index in [-0.39, 0.29) is 12.6 Å². The van der Waals surface area contributed by atoms with Crippen molar-refractivity contribution in [1.82, 2.24) is 0 Å². The van der Waals surface area contributed by atoms with Crippen LogP contribution in [0.3, 0.4) is 0 Å². The molecule has 0 spiro atoms. The highest BCUT2D eigenvalue weighted by atomic mass is 16.5. The van der Waals surface area contributed by atoms with Gasteiger partial charge in [0.15, 0.2) is 0 Å². The molecule has 4 heteroatoms. The first kappa shape index (κ1) is 26.9. The molecule has 0 saturated carbocycles. The molecule has 1 aromatic rings. The van der Waals surface area contributed by atoms with Gasteiger partial charge in [-0.3, -0.25) is 9.59 Å². The topological polar surface area (TPSA) is 63.6 Å². The van der Waals surface area contributed by atoms with Crippen molar-refractivity contribution in [3.63, 3.8) is 0 Å². The first-order valence-electron chi connectivity index (χ1n) is 12.2. The zero-order chi connectivity index (χ0) is 22.6. The SMILES string of the molecule is CCCCCCCCCCC/C=C\CCCCC(=O)OCC(C(=O)O)c1ccccc1. The molecular formula is C27H42O4. The van der Waals surface area contributed by atoms with Crippen LogP contribution in [0, 0.1) is 0 Å². The molecule has 1 aromatic carbocycles. The van der Waals surface area contributed by atoms with E-state index in [1.165, 1.54) is 57.8 Å². The number of allylic oxidation sites excluding steroid dienone is 2. The fourth-order valence-electron chi connectivity index (χ4n) is 3.58. The predicted molar refractivity (Wildman–Crippen MR) is 127 cm³/mol. The van der Waals surface area contributed by atoms with E-state index < -0.39 is 11.9 Å². The normalized spacial score (nSPS) is 12.2. The van der Waals surface area contributed by atoms with Gasteiger partial charge in [-0.15, -0.1) is 0 Å². The van der Waals surface area contributed by atoms with Gasteiger partial charge in [0.05, 0.1) is 0 Å². The second-order valence-corrected chi connectivity index (χ2v) is 8.32. The lowest BCUT2D eigenvalue weighted by atomic mass is 10.0. The summed E-state index contributed by atoms with van der Waals surface area (Å²) in [7, 11) is 0. The number of carboxylic acid groups (broad SMARTS) is 1. The molecule has 0 aromatic heterocycles. The van der Waals surface area contributed by atoms with E-state index in [1.54, 1.807) is 24.3 Å². The van der Waals surface area contributed by atoms with Crippen molar-refractivity contribution >= 4 is 11.9 Å². The van der Waals surface area contributed by atoms with Gasteiger partial charge in [0.2, 0.25) is 0 Å². The molecule has 0 radical (unpaired) electrons. The van der Waals surface area contributed by atoms with E-state index in [2.05, 4.69) is 19.1 Å². The zero-order valence-electron chi connectivity index (χ0n) is 19.4. The monoisotopic (exact) mass is 430 g/mol. The highest BCUT2D eigenvalue weighted by Gasteiger charge is 2.21. The summed E-state index contributed by atoms with van der Waals surface area (Å²) in [4.78, 5) is 23.3. The smallest absolute Gasteiger partial charge is 0.314 e. The van der Waals surface area contributed by atoms with Gasteiger partial charge >= 0.3 is 11.9 Å². The first-order valence-corrected chi connectivity index (χ1v) is 12.2. The maximum atomic E-state index is 11.9. The summed E-state index contributed by atoms with van der Waals surface area (Å²) < 4.78 is 5.20.